The number of carbonyl (C=O) groups excluding carboxylic acids is 1. The lowest BCUT2D eigenvalue weighted by molar-refractivity contribution is -0.146. The zero-order valence-electron chi connectivity index (χ0n) is 22.0. The van der Waals surface area contributed by atoms with E-state index in [0.717, 1.165) is 30.4 Å². The summed E-state index contributed by atoms with van der Waals surface area (Å²) in [7, 11) is 0. The van der Waals surface area contributed by atoms with E-state index in [1.54, 1.807) is 6.92 Å². The molecular formula is C31H40N2O3. The second kappa shape index (κ2) is 15.1. The molecule has 2 aromatic carbocycles. The molecule has 0 N–H and O–H groups in total. The van der Waals surface area contributed by atoms with Crippen molar-refractivity contribution in [1.29, 1.82) is 0 Å². The molecule has 0 amide bonds. The van der Waals surface area contributed by atoms with E-state index in [4.69, 9.17) is 9.47 Å². The summed E-state index contributed by atoms with van der Waals surface area (Å²) in [6.45, 7) is 6.57. The molecule has 5 nitrogen and oxygen atoms in total. The van der Waals surface area contributed by atoms with E-state index in [-0.39, 0.29) is 0 Å². The van der Waals surface area contributed by atoms with Gasteiger partial charge in [-0.2, -0.15) is 0 Å². The fourth-order valence-corrected chi connectivity index (χ4v) is 3.97. The minimum Gasteiger partial charge on any atom is -0.421 e. The van der Waals surface area contributed by atoms with Gasteiger partial charge in [0.1, 0.15) is 0 Å². The number of hydrogen-bond donors (Lipinski definition) is 0. The van der Waals surface area contributed by atoms with Crippen LogP contribution in [0.3, 0.4) is 0 Å². The normalized spacial score (nSPS) is 11.9. The van der Waals surface area contributed by atoms with Crippen LogP contribution in [0.5, 0.6) is 5.75 Å². The number of aryl methyl sites for hydroxylation is 1. The van der Waals surface area contributed by atoms with E-state index >= 15 is 0 Å². The van der Waals surface area contributed by atoms with Crippen LogP contribution in [0.4, 0.5) is 0 Å². The minimum absolute atomic E-state index is 0.312. The molecule has 0 aliphatic carbocycles. The van der Waals surface area contributed by atoms with E-state index in [2.05, 4.69) is 60.2 Å². The van der Waals surface area contributed by atoms with Gasteiger partial charge in [-0.1, -0.05) is 101 Å². The van der Waals surface area contributed by atoms with Crippen LogP contribution in [0.25, 0.3) is 22.5 Å². The molecule has 0 aliphatic heterocycles. The topological polar surface area (TPSA) is 61.3 Å². The van der Waals surface area contributed by atoms with Gasteiger partial charge in [-0.3, -0.25) is 0 Å². The lowest BCUT2D eigenvalue weighted by Crippen LogP contribution is -2.26. The van der Waals surface area contributed by atoms with Crippen LogP contribution < -0.4 is 4.74 Å². The van der Waals surface area contributed by atoms with Crippen LogP contribution in [0.15, 0.2) is 60.9 Å². The third kappa shape index (κ3) is 8.87. The molecule has 0 aliphatic rings. The Kier molecular flexibility index (Phi) is 11.6. The van der Waals surface area contributed by atoms with Crippen molar-refractivity contribution in [3.8, 4) is 28.3 Å². The second-order valence-electron chi connectivity index (χ2n) is 9.32. The summed E-state index contributed by atoms with van der Waals surface area (Å²) in [5.41, 5.74) is 4.67. The number of hydrogen-bond acceptors (Lipinski definition) is 5. The van der Waals surface area contributed by atoms with E-state index < -0.39 is 12.1 Å². The maximum atomic E-state index is 12.2. The summed E-state index contributed by atoms with van der Waals surface area (Å²) in [6, 6.07) is 17.1. The number of esters is 1. The summed E-state index contributed by atoms with van der Waals surface area (Å²) >= 11 is 0. The lowest BCUT2D eigenvalue weighted by Gasteiger charge is -2.12. The maximum absolute atomic E-state index is 12.2. The monoisotopic (exact) mass is 488 g/mol. The average Bonchev–Trinajstić information content (AvgIpc) is 2.91. The van der Waals surface area contributed by atoms with Gasteiger partial charge in [-0.05, 0) is 42.9 Å². The van der Waals surface area contributed by atoms with Crippen LogP contribution in [-0.4, -0.2) is 28.6 Å². The Bertz CT molecular complexity index is 1030. The van der Waals surface area contributed by atoms with Gasteiger partial charge in [0.15, 0.2) is 17.7 Å². The van der Waals surface area contributed by atoms with Crippen molar-refractivity contribution in [1.82, 2.24) is 9.97 Å². The lowest BCUT2D eigenvalue weighted by atomic mass is 10.00. The highest BCUT2D eigenvalue weighted by Crippen LogP contribution is 2.24. The van der Waals surface area contributed by atoms with Crippen molar-refractivity contribution in [2.75, 3.05) is 6.61 Å². The highest BCUT2D eigenvalue weighted by molar-refractivity contribution is 5.76. The van der Waals surface area contributed by atoms with Crippen LogP contribution in [0.2, 0.25) is 0 Å². The highest BCUT2D eigenvalue weighted by atomic mass is 16.6. The van der Waals surface area contributed by atoms with Crippen LogP contribution in [-0.2, 0) is 16.0 Å². The molecule has 3 aromatic rings. The average molecular weight is 489 g/mol. The second-order valence-corrected chi connectivity index (χ2v) is 9.32. The fourth-order valence-electron chi connectivity index (χ4n) is 3.97. The Morgan fingerprint density at radius 2 is 1.31 bits per heavy atom. The third-order valence-electron chi connectivity index (χ3n) is 6.29. The van der Waals surface area contributed by atoms with Gasteiger partial charge in [-0.15, -0.1) is 0 Å². The molecule has 5 heteroatoms. The first-order chi connectivity index (χ1) is 17.6. The van der Waals surface area contributed by atoms with E-state index in [0.29, 0.717) is 18.2 Å². The van der Waals surface area contributed by atoms with Gasteiger partial charge in [-0.25, -0.2) is 14.8 Å². The van der Waals surface area contributed by atoms with Gasteiger partial charge < -0.3 is 9.47 Å². The predicted octanol–water partition coefficient (Wildman–Crippen LogP) is 7.82. The number of rotatable bonds is 15. The van der Waals surface area contributed by atoms with E-state index in [9.17, 15) is 4.79 Å². The molecule has 0 bridgehead atoms. The van der Waals surface area contributed by atoms with Crippen LogP contribution in [0, 0.1) is 0 Å². The Hall–Kier alpha value is -3.05. The Labute approximate surface area is 216 Å². The summed E-state index contributed by atoms with van der Waals surface area (Å²) in [5.74, 6) is 0.458. The van der Waals surface area contributed by atoms with Crippen molar-refractivity contribution in [3.63, 3.8) is 0 Å². The van der Waals surface area contributed by atoms with E-state index in [1.807, 2.05) is 12.1 Å². The molecule has 0 radical (unpaired) electrons. The third-order valence-corrected chi connectivity index (χ3v) is 6.29. The smallest absolute Gasteiger partial charge is 0.340 e. The number of nitrogens with zero attached hydrogens (tertiary/aromatic N) is 2. The fraction of sp³-hybridized carbons (Fsp3) is 0.452. The maximum Gasteiger partial charge on any atom is 0.340 e. The number of ether oxygens (including phenoxy) is 2. The molecule has 1 heterocycles. The SMILES string of the molecule is CCCCCCCCc1ccc(-c2ccc(-c3ncc(OC(=O)[C@@H](C)OCCCC)cn3)cc2)cc1. The van der Waals surface area contributed by atoms with Gasteiger partial charge in [0.05, 0.1) is 12.4 Å². The standard InChI is InChI=1S/C31H40N2O3/c1-4-6-8-9-10-11-12-25-13-15-26(16-14-25)27-17-19-28(20-18-27)30-32-22-29(23-33-30)36-31(34)24(3)35-21-7-5-2/h13-20,22-24H,4-12,21H2,1-3H3/t24-/m1/s1. The Morgan fingerprint density at radius 1 is 0.750 bits per heavy atom. The quantitative estimate of drug-likeness (QED) is 0.161. The van der Waals surface area contributed by atoms with Gasteiger partial charge in [0, 0.05) is 12.2 Å². The molecule has 0 fully saturated rings. The zero-order chi connectivity index (χ0) is 25.6. The first-order valence-corrected chi connectivity index (χ1v) is 13.5. The van der Waals surface area contributed by atoms with Gasteiger partial charge in [0.25, 0.3) is 0 Å². The molecule has 36 heavy (non-hydrogen) atoms. The van der Waals surface area contributed by atoms with Crippen molar-refractivity contribution < 1.29 is 14.3 Å². The number of unbranched alkanes of at least 4 members (excludes halogenated alkanes) is 6. The molecular weight excluding hydrogens is 448 g/mol. The molecule has 0 spiro atoms. The summed E-state index contributed by atoms with van der Waals surface area (Å²) in [6.07, 6.45) is 13.5. The first-order valence-electron chi connectivity index (χ1n) is 13.5. The molecule has 0 saturated carbocycles. The molecule has 1 atom stereocenters. The molecule has 0 unspecified atom stereocenters. The van der Waals surface area contributed by atoms with Gasteiger partial charge >= 0.3 is 5.97 Å². The van der Waals surface area contributed by atoms with E-state index in [1.165, 1.54) is 62.0 Å². The number of aromatic nitrogens is 2. The van der Waals surface area contributed by atoms with Crippen molar-refractivity contribution in [3.05, 3.63) is 66.5 Å². The number of benzene rings is 2. The predicted molar refractivity (Wildman–Crippen MR) is 146 cm³/mol. The molecule has 192 valence electrons. The summed E-state index contributed by atoms with van der Waals surface area (Å²) in [4.78, 5) is 20.9. The van der Waals surface area contributed by atoms with Crippen LogP contribution >= 0.6 is 0 Å². The van der Waals surface area contributed by atoms with Gasteiger partial charge in [0.2, 0.25) is 0 Å². The molecule has 3 rings (SSSR count). The summed E-state index contributed by atoms with van der Waals surface area (Å²) in [5, 5.41) is 0. The highest BCUT2D eigenvalue weighted by Gasteiger charge is 2.16. The summed E-state index contributed by atoms with van der Waals surface area (Å²) < 4.78 is 10.8. The molecule has 0 saturated heterocycles. The molecule has 1 aromatic heterocycles. The minimum atomic E-state index is -0.617. The van der Waals surface area contributed by atoms with Crippen molar-refractivity contribution >= 4 is 5.97 Å². The number of carbonyl (C=O) groups is 1. The Morgan fingerprint density at radius 3 is 1.94 bits per heavy atom. The Balaban J connectivity index is 1.51. The van der Waals surface area contributed by atoms with Crippen molar-refractivity contribution in [2.24, 2.45) is 0 Å². The van der Waals surface area contributed by atoms with Crippen LogP contribution in [0.1, 0.15) is 77.7 Å². The first kappa shape index (κ1) is 27.5. The van der Waals surface area contributed by atoms with Crippen molar-refractivity contribution in [2.45, 2.75) is 84.7 Å². The largest absolute Gasteiger partial charge is 0.421 e. The zero-order valence-corrected chi connectivity index (χ0v) is 22.0.